The molecule has 0 fully saturated rings. The van der Waals surface area contributed by atoms with Crippen LogP contribution in [-0.2, 0) is 38.1 Å². The quantitative estimate of drug-likeness (QED) is 0.0474. The fourth-order valence-electron chi connectivity index (χ4n) is 4.98. The molecule has 2 aliphatic rings. The third-order valence-corrected chi connectivity index (χ3v) is 7.83. The molecule has 48 heavy (non-hydrogen) atoms. The Kier molecular flexibility index (Phi) is 22.2. The van der Waals surface area contributed by atoms with Gasteiger partial charge in [-0.05, 0) is 12.8 Å². The monoisotopic (exact) mass is 688 g/mol. The average Bonchev–Trinajstić information content (AvgIpc) is 3.51. The molecule has 0 aromatic rings. The highest BCUT2D eigenvalue weighted by Crippen LogP contribution is 2.27. The number of carbonyl (C=O) groups excluding carboxylic acids is 4. The Balaban J connectivity index is 0.000000482. The Bertz CT molecular complexity index is 1050. The molecule has 2 rings (SSSR count). The maximum absolute atomic E-state index is 11.8. The van der Waals surface area contributed by atoms with Crippen LogP contribution in [0.5, 0.6) is 0 Å². The Morgan fingerprint density at radius 3 is 1.17 bits per heavy atom. The lowest BCUT2D eigenvalue weighted by molar-refractivity contribution is -0.151. The lowest BCUT2D eigenvalue weighted by Gasteiger charge is -2.17. The summed E-state index contributed by atoms with van der Waals surface area (Å²) in [5.41, 5.74) is 0. The van der Waals surface area contributed by atoms with Crippen molar-refractivity contribution in [3.63, 3.8) is 0 Å². The molecule has 0 saturated carbocycles. The summed E-state index contributed by atoms with van der Waals surface area (Å²) in [6, 6.07) is 0. The first-order chi connectivity index (χ1) is 23.0. The number of aliphatic hydroxyl groups excluding tert-OH is 6. The fourth-order valence-corrected chi connectivity index (χ4v) is 4.98. The van der Waals surface area contributed by atoms with Gasteiger partial charge in [-0.1, -0.05) is 104 Å². The van der Waals surface area contributed by atoms with Gasteiger partial charge >= 0.3 is 23.9 Å². The van der Waals surface area contributed by atoms with Crippen LogP contribution in [0.1, 0.15) is 129 Å². The summed E-state index contributed by atoms with van der Waals surface area (Å²) in [5, 5.41) is 56.0. The van der Waals surface area contributed by atoms with Crippen LogP contribution in [0, 0.1) is 0 Å². The molecule has 0 radical (unpaired) electrons. The lowest BCUT2D eigenvalue weighted by atomic mass is 10.1. The first kappa shape index (κ1) is 42.8. The van der Waals surface area contributed by atoms with Crippen molar-refractivity contribution in [1.29, 1.82) is 0 Å². The van der Waals surface area contributed by atoms with Crippen molar-refractivity contribution in [2.45, 2.75) is 154 Å². The molecule has 0 aromatic carbocycles. The molecule has 0 aromatic heterocycles. The SMILES string of the molecule is CCCCCCCCCC(=O)OC1=C(O)C(=O)O[C@@H]1[C@@H](O)CO.CCCCCCCCCCCC(=O)OC1=C(O)C(=O)O[C@@H]1[C@@H](O)CO. The van der Waals surface area contributed by atoms with Gasteiger partial charge in [0.05, 0.1) is 13.2 Å². The molecule has 0 unspecified atom stereocenters. The van der Waals surface area contributed by atoms with E-state index in [1.165, 1.54) is 51.4 Å². The number of hydrogen-bond acceptors (Lipinski definition) is 14. The van der Waals surface area contributed by atoms with E-state index in [9.17, 15) is 39.6 Å². The van der Waals surface area contributed by atoms with Crippen LogP contribution >= 0.6 is 0 Å². The van der Waals surface area contributed by atoms with E-state index in [1.54, 1.807) is 0 Å². The summed E-state index contributed by atoms with van der Waals surface area (Å²) in [6.07, 6.45) is 12.1. The molecule has 276 valence electrons. The lowest BCUT2D eigenvalue weighted by Crippen LogP contribution is -2.33. The van der Waals surface area contributed by atoms with Gasteiger partial charge in [0.1, 0.15) is 12.2 Å². The maximum Gasteiger partial charge on any atom is 0.378 e. The van der Waals surface area contributed by atoms with E-state index < -0.39 is 84.5 Å². The van der Waals surface area contributed by atoms with Crippen molar-refractivity contribution in [2.75, 3.05) is 13.2 Å². The number of rotatable bonds is 24. The molecule has 4 atom stereocenters. The molecule has 0 bridgehead atoms. The minimum absolute atomic E-state index is 0.153. The van der Waals surface area contributed by atoms with Crippen LogP contribution in [0.4, 0.5) is 0 Å². The largest absolute Gasteiger partial charge is 0.499 e. The van der Waals surface area contributed by atoms with Gasteiger partial charge in [-0.2, -0.15) is 0 Å². The van der Waals surface area contributed by atoms with Gasteiger partial charge < -0.3 is 49.6 Å². The number of unbranched alkanes of at least 4 members (excludes halogenated alkanes) is 14. The van der Waals surface area contributed by atoms with Crippen molar-refractivity contribution in [3.05, 3.63) is 23.0 Å². The summed E-state index contributed by atoms with van der Waals surface area (Å²) in [6.45, 7) is 2.96. The first-order valence-corrected chi connectivity index (χ1v) is 17.3. The molecule has 0 saturated heterocycles. The van der Waals surface area contributed by atoms with E-state index in [1.807, 2.05) is 0 Å². The predicted molar refractivity (Wildman–Crippen MR) is 172 cm³/mol. The van der Waals surface area contributed by atoms with Crippen molar-refractivity contribution in [3.8, 4) is 0 Å². The van der Waals surface area contributed by atoms with E-state index >= 15 is 0 Å². The fraction of sp³-hybridized carbons (Fsp3) is 0.765. The van der Waals surface area contributed by atoms with Crippen molar-refractivity contribution in [2.24, 2.45) is 0 Å². The highest BCUT2D eigenvalue weighted by atomic mass is 16.6. The smallest absolute Gasteiger partial charge is 0.378 e. The Labute approximate surface area is 282 Å². The van der Waals surface area contributed by atoms with Gasteiger partial charge in [-0.15, -0.1) is 0 Å². The third kappa shape index (κ3) is 15.8. The van der Waals surface area contributed by atoms with Crippen molar-refractivity contribution in [1.82, 2.24) is 0 Å². The summed E-state index contributed by atoms with van der Waals surface area (Å²) in [5.74, 6) is -5.89. The molecule has 0 spiro atoms. The molecule has 2 aliphatic heterocycles. The van der Waals surface area contributed by atoms with E-state index in [4.69, 9.17) is 19.7 Å². The molecule has 6 N–H and O–H groups in total. The minimum Gasteiger partial charge on any atom is -0.499 e. The number of carbonyl (C=O) groups is 4. The third-order valence-electron chi connectivity index (χ3n) is 7.83. The molecule has 0 aliphatic carbocycles. The van der Waals surface area contributed by atoms with E-state index in [0.29, 0.717) is 12.8 Å². The van der Waals surface area contributed by atoms with Crippen LogP contribution in [0.2, 0.25) is 0 Å². The first-order valence-electron chi connectivity index (χ1n) is 17.3. The normalized spacial score (nSPS) is 18.6. The van der Waals surface area contributed by atoms with Crippen LogP contribution in [0.3, 0.4) is 0 Å². The maximum atomic E-state index is 11.8. The molecule has 2 heterocycles. The average molecular weight is 689 g/mol. The Morgan fingerprint density at radius 2 is 0.875 bits per heavy atom. The molecular formula is C34H56O14. The zero-order valence-electron chi connectivity index (χ0n) is 28.4. The summed E-state index contributed by atoms with van der Waals surface area (Å²) >= 11 is 0. The second-order valence-corrected chi connectivity index (χ2v) is 12.0. The van der Waals surface area contributed by atoms with Gasteiger partial charge in [0.15, 0.2) is 12.2 Å². The number of cyclic esters (lactones) is 2. The highest BCUT2D eigenvalue weighted by Gasteiger charge is 2.42. The van der Waals surface area contributed by atoms with E-state index in [-0.39, 0.29) is 12.8 Å². The number of ether oxygens (including phenoxy) is 4. The second-order valence-electron chi connectivity index (χ2n) is 12.0. The zero-order chi connectivity index (χ0) is 35.9. The van der Waals surface area contributed by atoms with Gasteiger partial charge in [-0.3, -0.25) is 9.59 Å². The standard InChI is InChI=1S/C18H30O7.C16H26O7/c1-2-3-4-5-6-7-8-9-10-11-14(21)24-17-15(22)18(23)25-16(17)13(20)12-19;1-2-3-4-5-6-7-8-9-12(19)22-15-13(20)16(21)23-14(15)11(18)10-17/h13,16,19-20,22H,2-12H2,1H3;11,14,17-18,20H,2-10H2,1H3/t13-,16+;11-,14+/m00/s1. The summed E-state index contributed by atoms with van der Waals surface area (Å²) in [4.78, 5) is 46.2. The minimum atomic E-state index is -1.45. The highest BCUT2D eigenvalue weighted by molar-refractivity contribution is 5.90. The molecule has 14 heteroatoms. The zero-order valence-corrected chi connectivity index (χ0v) is 28.4. The number of aliphatic hydroxyl groups is 6. The van der Waals surface area contributed by atoms with Crippen molar-refractivity contribution >= 4 is 23.9 Å². The summed E-state index contributed by atoms with van der Waals surface area (Å²) in [7, 11) is 0. The van der Waals surface area contributed by atoms with Gasteiger partial charge in [0.25, 0.3) is 0 Å². The number of esters is 4. The predicted octanol–water partition coefficient (Wildman–Crippen LogP) is 4.22. The van der Waals surface area contributed by atoms with Gasteiger partial charge in [-0.25, -0.2) is 9.59 Å². The van der Waals surface area contributed by atoms with E-state index in [2.05, 4.69) is 23.3 Å². The topological polar surface area (TPSA) is 227 Å². The number of hydrogen-bond donors (Lipinski definition) is 6. The molecule has 0 amide bonds. The van der Waals surface area contributed by atoms with Gasteiger partial charge in [0, 0.05) is 12.8 Å². The van der Waals surface area contributed by atoms with Crippen LogP contribution in [0.25, 0.3) is 0 Å². The molecular weight excluding hydrogens is 632 g/mol. The van der Waals surface area contributed by atoms with Crippen LogP contribution < -0.4 is 0 Å². The summed E-state index contributed by atoms with van der Waals surface area (Å²) < 4.78 is 19.3. The second kappa shape index (κ2) is 24.9. The van der Waals surface area contributed by atoms with E-state index in [0.717, 1.165) is 38.5 Å². The van der Waals surface area contributed by atoms with Crippen LogP contribution in [-0.4, -0.2) is 92.1 Å². The van der Waals surface area contributed by atoms with Crippen molar-refractivity contribution < 1.29 is 68.8 Å². The Hall–Kier alpha value is -3.20. The van der Waals surface area contributed by atoms with Crippen LogP contribution in [0.15, 0.2) is 23.0 Å². The molecule has 14 nitrogen and oxygen atoms in total. The Morgan fingerprint density at radius 1 is 0.583 bits per heavy atom. The van der Waals surface area contributed by atoms with Gasteiger partial charge in [0.2, 0.25) is 23.0 Å².